The zero-order chi connectivity index (χ0) is 65.3. The standard InChI is InChI=1S/C24H31NO7.C14H16O5.C12H15NO5.C6H9ClO.C6H13NO2.CH4.FH.HI.H3N/c1-4-6-8-14-22(27)30-17-19(32-23(28)15-9-7-5-2)16-25-24(29)20-12-10-11-13-21(20)31-18(3)26;1-9(15)18-11-8-6-5-7-10(11)12(16)19-13(17)14(2,3)4;1-8(15)18-11-5-3-2-4-10(11)12(17)13-6-9(16)7-14;1-2-3-4-5-6(7)8;1-6(2)8-4-5(3-7)9-6;;;;/h6-13,19H,4-5,14-17H2,1-3H3,(H,25,29);5-8H,1-4H3;2-5,9,14,16H,6-7H2,1H3,(H,13,17);3-4H,2,5H2,1H3;5H,3-4,7H2,1-2H3;1H4;2*1H;1H3/b8-6-,9-7-;;;4-3-;;;;;. The molecule has 1 saturated heterocycles. The molecular weight excluding hydrogens is 1310 g/mol. The zero-order valence-electron chi connectivity index (χ0n) is 52.3. The van der Waals surface area contributed by atoms with Gasteiger partial charge in [-0.15, -0.1) is 24.0 Å². The molecule has 0 aliphatic carbocycles. The van der Waals surface area contributed by atoms with Crippen molar-refractivity contribution in [2.45, 2.75) is 146 Å². The zero-order valence-corrected chi connectivity index (χ0v) is 55.4. The summed E-state index contributed by atoms with van der Waals surface area (Å²) in [6, 6.07) is 18.6. The van der Waals surface area contributed by atoms with Gasteiger partial charge in [-0.3, -0.25) is 47.9 Å². The van der Waals surface area contributed by atoms with Gasteiger partial charge in [-0.2, -0.15) is 0 Å². The number of rotatable bonds is 24. The van der Waals surface area contributed by atoms with Crippen LogP contribution in [-0.4, -0.2) is 133 Å². The van der Waals surface area contributed by atoms with E-state index in [1.54, 1.807) is 75.4 Å². The van der Waals surface area contributed by atoms with Crippen molar-refractivity contribution < 1.29 is 101 Å². The van der Waals surface area contributed by atoms with Crippen molar-refractivity contribution >= 4 is 94.4 Å². The molecule has 0 bridgehead atoms. The SMILES string of the molecule is C.CC(=O)Oc1ccccc1C(=O)NCC(O)CO.CC(=O)Oc1ccccc1C(=O)OC(=O)C(C)(C)C.CC/C=C\CC(=O)Cl.CC/C=C\CC(=O)OCC(CNC(=O)c1ccccc1OC(C)=O)OC(=O)C/C=C\CC.CC1(C)OCC(CN)O1.F.I.N. The summed E-state index contributed by atoms with van der Waals surface area (Å²) in [6.45, 7) is 18.7. The fourth-order valence-electron chi connectivity index (χ4n) is 6.17. The van der Waals surface area contributed by atoms with E-state index < -0.39 is 83.6 Å². The normalized spacial score (nSPS) is 13.0. The number of allylic oxidation sites excluding steroid dienone is 4. The number of hydrogen-bond acceptors (Lipinski definition) is 22. The minimum absolute atomic E-state index is 0. The van der Waals surface area contributed by atoms with Crippen LogP contribution in [0.25, 0.3) is 0 Å². The second-order valence-corrected chi connectivity index (χ2v) is 20.0. The van der Waals surface area contributed by atoms with Crippen LogP contribution in [0, 0.1) is 5.41 Å². The van der Waals surface area contributed by atoms with Crippen LogP contribution in [0.1, 0.15) is 153 Å². The van der Waals surface area contributed by atoms with Crippen molar-refractivity contribution in [3.8, 4) is 17.2 Å². The Morgan fingerprint density at radius 1 is 0.678 bits per heavy atom. The van der Waals surface area contributed by atoms with Gasteiger partial charge in [-0.1, -0.05) is 101 Å². The highest BCUT2D eigenvalue weighted by atomic mass is 127. The third kappa shape index (κ3) is 43.4. The first-order chi connectivity index (χ1) is 40.5. The number of nitrogens with two attached hydrogens (primary N) is 1. The molecule has 1 aliphatic heterocycles. The summed E-state index contributed by atoms with van der Waals surface area (Å²) >= 11 is 5.02. The van der Waals surface area contributed by atoms with Gasteiger partial charge in [0.1, 0.15) is 29.4 Å². The number of nitrogens with one attached hydrogen (secondary N) is 2. The first-order valence-electron chi connectivity index (χ1n) is 27.5. The van der Waals surface area contributed by atoms with Gasteiger partial charge in [-0.25, -0.2) is 4.79 Å². The number of amides is 2. The van der Waals surface area contributed by atoms with Gasteiger partial charge < -0.3 is 70.6 Å². The summed E-state index contributed by atoms with van der Waals surface area (Å²) in [5.74, 6) is -5.16. The minimum Gasteiger partial charge on any atom is -0.461 e. The van der Waals surface area contributed by atoms with Crippen LogP contribution in [0.3, 0.4) is 0 Å². The van der Waals surface area contributed by atoms with E-state index in [0.717, 1.165) is 19.3 Å². The molecule has 1 aliphatic rings. The third-order valence-corrected chi connectivity index (χ3v) is 10.4. The Morgan fingerprint density at radius 2 is 1.08 bits per heavy atom. The van der Waals surface area contributed by atoms with Crippen molar-refractivity contribution in [1.82, 2.24) is 16.8 Å². The number of carbonyl (C=O) groups excluding carboxylic acids is 10. The summed E-state index contributed by atoms with van der Waals surface area (Å²) < 4.78 is 40.7. The molecule has 1 fully saturated rings. The smallest absolute Gasteiger partial charge is 0.349 e. The van der Waals surface area contributed by atoms with Crippen LogP contribution in [0.15, 0.2) is 109 Å². The van der Waals surface area contributed by atoms with E-state index in [9.17, 15) is 47.9 Å². The fraction of sp³-hybridized carbons (Fsp3) is 0.460. The number of para-hydroxylation sites is 3. The van der Waals surface area contributed by atoms with Crippen molar-refractivity contribution in [2.24, 2.45) is 11.1 Å². The highest BCUT2D eigenvalue weighted by Crippen LogP contribution is 2.24. The Labute approximate surface area is 549 Å². The molecule has 0 spiro atoms. The minimum atomic E-state index is -1.02. The average molecular weight is 1410 g/mol. The van der Waals surface area contributed by atoms with E-state index in [2.05, 4.69) is 10.6 Å². The van der Waals surface area contributed by atoms with Crippen molar-refractivity contribution in [3.63, 3.8) is 0 Å². The largest absolute Gasteiger partial charge is 0.461 e. The predicted octanol–water partition coefficient (Wildman–Crippen LogP) is 9.32. The molecule has 90 heavy (non-hydrogen) atoms. The number of hydrogen-bond donors (Lipinski definition) is 6. The number of ether oxygens (including phenoxy) is 8. The van der Waals surface area contributed by atoms with Crippen LogP contribution in [0.5, 0.6) is 17.2 Å². The molecular formula is C63H93ClFIN4O20. The molecule has 0 saturated carbocycles. The lowest BCUT2D eigenvalue weighted by molar-refractivity contribution is -0.157. The second kappa shape index (κ2) is 51.4. The van der Waals surface area contributed by atoms with E-state index in [-0.39, 0.29) is 120 Å². The molecule has 0 aromatic heterocycles. The van der Waals surface area contributed by atoms with E-state index in [4.69, 9.17) is 65.4 Å². The summed E-state index contributed by atoms with van der Waals surface area (Å²) in [4.78, 5) is 115. The lowest BCUT2D eigenvalue weighted by Gasteiger charge is -2.18. The van der Waals surface area contributed by atoms with Gasteiger partial charge in [-0.05, 0) is 102 Å². The van der Waals surface area contributed by atoms with Crippen LogP contribution in [0.2, 0.25) is 0 Å². The van der Waals surface area contributed by atoms with Crippen molar-refractivity contribution in [3.05, 3.63) is 126 Å². The Bertz CT molecular complexity index is 2750. The number of halogens is 3. The van der Waals surface area contributed by atoms with Crippen LogP contribution >= 0.6 is 35.6 Å². The molecule has 3 aromatic rings. The summed E-state index contributed by atoms with van der Waals surface area (Å²) in [5.41, 5.74) is 4.95. The molecule has 3 aromatic carbocycles. The Balaban J connectivity index is -0.000000359. The molecule has 2 amide bonds. The van der Waals surface area contributed by atoms with Crippen molar-refractivity contribution in [1.29, 1.82) is 0 Å². The van der Waals surface area contributed by atoms with Gasteiger partial charge >= 0.3 is 41.8 Å². The predicted molar refractivity (Wildman–Crippen MR) is 348 cm³/mol. The molecule has 0 radical (unpaired) electrons. The first kappa shape index (κ1) is 91.4. The van der Waals surface area contributed by atoms with Crippen LogP contribution < -0.4 is 36.7 Å². The number of aliphatic hydroxyl groups is 2. The maximum absolute atomic E-state index is 12.6. The molecule has 506 valence electrons. The number of esters is 7. The fourth-order valence-corrected chi connectivity index (χ4v) is 6.26. The summed E-state index contributed by atoms with van der Waals surface area (Å²) in [7, 11) is 0. The van der Waals surface area contributed by atoms with E-state index in [0.29, 0.717) is 19.6 Å². The van der Waals surface area contributed by atoms with Gasteiger partial charge in [0, 0.05) is 40.3 Å². The highest BCUT2D eigenvalue weighted by Gasteiger charge is 2.31. The lowest BCUT2D eigenvalue weighted by Crippen LogP contribution is -2.38. The number of benzene rings is 3. The first-order valence-corrected chi connectivity index (χ1v) is 27.9. The average Bonchev–Trinajstić information content (AvgIpc) is 4.00. The molecule has 27 heteroatoms. The molecule has 1 heterocycles. The van der Waals surface area contributed by atoms with E-state index in [1.165, 1.54) is 57.2 Å². The molecule has 3 atom stereocenters. The number of carbonyl (C=O) groups is 10. The molecule has 24 nitrogen and oxygen atoms in total. The molecule has 3 unspecified atom stereocenters. The Kier molecular flexibility index (Phi) is 52.2. The maximum Gasteiger partial charge on any atom is 0.349 e. The van der Waals surface area contributed by atoms with Gasteiger partial charge in [0.2, 0.25) is 5.24 Å². The maximum atomic E-state index is 12.6. The van der Waals surface area contributed by atoms with Gasteiger partial charge in [0.05, 0.1) is 61.3 Å². The van der Waals surface area contributed by atoms with Crippen molar-refractivity contribution in [2.75, 3.05) is 39.5 Å². The highest BCUT2D eigenvalue weighted by molar-refractivity contribution is 14.0. The second-order valence-electron chi connectivity index (χ2n) is 19.5. The Hall–Kier alpha value is -7.31. The lowest BCUT2D eigenvalue weighted by atomic mass is 9.97. The van der Waals surface area contributed by atoms with Crippen LogP contribution in [0.4, 0.5) is 4.70 Å². The van der Waals surface area contributed by atoms with Gasteiger partial charge in [0.25, 0.3) is 11.8 Å². The molecule has 4 rings (SSSR count). The quantitative estimate of drug-likeness (QED) is 0.00924. The van der Waals surface area contributed by atoms with Gasteiger partial charge in [0.15, 0.2) is 11.9 Å². The monoisotopic (exact) mass is 1410 g/mol. The van der Waals surface area contributed by atoms with E-state index >= 15 is 0 Å². The summed E-state index contributed by atoms with van der Waals surface area (Å²) in [5, 5.41) is 22.5. The van der Waals surface area contributed by atoms with E-state index in [1.807, 2.05) is 52.8 Å². The topological polar surface area (TPSA) is 370 Å². The number of aliphatic hydroxyl groups excluding tert-OH is 2. The third-order valence-electron chi connectivity index (χ3n) is 10.2. The molecule has 9 N–H and O–H groups in total. The summed E-state index contributed by atoms with van der Waals surface area (Å²) in [6.07, 6.45) is 12.1. The Morgan fingerprint density at radius 3 is 1.44 bits per heavy atom. The van der Waals surface area contributed by atoms with Crippen LogP contribution in [-0.2, 0) is 57.2 Å².